The van der Waals surface area contributed by atoms with E-state index in [-0.39, 0.29) is 5.41 Å². The summed E-state index contributed by atoms with van der Waals surface area (Å²) in [6.45, 7) is 9.71. The summed E-state index contributed by atoms with van der Waals surface area (Å²) in [5.74, 6) is -1.75. The van der Waals surface area contributed by atoms with Gasteiger partial charge in [-0.2, -0.15) is 0 Å². The molecule has 0 aliphatic carbocycles. The van der Waals surface area contributed by atoms with Crippen LogP contribution in [0.2, 0.25) is 5.02 Å². The summed E-state index contributed by atoms with van der Waals surface area (Å²) in [4.78, 5) is 21.5. The fraction of sp³-hybridized carbons (Fsp3) is 0.474. The van der Waals surface area contributed by atoms with E-state index >= 15 is 0 Å². The normalized spacial score (nSPS) is 15.0. The van der Waals surface area contributed by atoms with Gasteiger partial charge in [-0.15, -0.1) is 0 Å². The Bertz CT molecular complexity index is 625. The van der Waals surface area contributed by atoms with Crippen molar-refractivity contribution in [1.29, 1.82) is 0 Å². The molecule has 1 aliphatic rings. The summed E-state index contributed by atoms with van der Waals surface area (Å²) in [5.41, 5.74) is 0.116. The van der Waals surface area contributed by atoms with Crippen LogP contribution in [0, 0.1) is 5.41 Å². The molecule has 1 heterocycles. The first-order valence-electron chi connectivity index (χ1n) is 8.63. The van der Waals surface area contributed by atoms with Gasteiger partial charge in [-0.05, 0) is 25.2 Å². The van der Waals surface area contributed by atoms with E-state index < -0.39 is 11.9 Å². The lowest BCUT2D eigenvalue weighted by atomic mass is 9.86. The van der Waals surface area contributed by atoms with Gasteiger partial charge in [0.25, 0.3) is 0 Å². The summed E-state index contributed by atoms with van der Waals surface area (Å²) in [6, 6.07) is 7.61. The molecule has 0 radical (unpaired) electrons. The number of rotatable bonds is 9. The van der Waals surface area contributed by atoms with Crippen molar-refractivity contribution in [3.05, 3.63) is 41.4 Å². The average molecular weight is 400 g/mol. The first kappa shape index (κ1) is 23.0. The molecular formula is C19H26ClNO6. The molecule has 2 N–H and O–H groups in total. The lowest BCUT2D eigenvalue weighted by molar-refractivity contribution is -0.143. The van der Waals surface area contributed by atoms with E-state index in [9.17, 15) is 9.59 Å². The van der Waals surface area contributed by atoms with Crippen molar-refractivity contribution in [3.63, 3.8) is 0 Å². The van der Waals surface area contributed by atoms with Crippen molar-refractivity contribution in [2.45, 2.75) is 13.8 Å². The molecule has 1 saturated heterocycles. The van der Waals surface area contributed by atoms with E-state index in [2.05, 4.69) is 18.7 Å². The highest BCUT2D eigenvalue weighted by atomic mass is 35.5. The molecule has 0 atom stereocenters. The lowest BCUT2D eigenvalue weighted by Crippen LogP contribution is -2.54. The molecule has 0 amide bonds. The monoisotopic (exact) mass is 399 g/mol. The Kier molecular flexibility index (Phi) is 9.85. The summed E-state index contributed by atoms with van der Waals surface area (Å²) in [7, 11) is 0. The first-order chi connectivity index (χ1) is 12.8. The van der Waals surface area contributed by atoms with Crippen molar-refractivity contribution >= 4 is 23.5 Å². The molecule has 1 fully saturated rings. The number of para-hydroxylation sites is 1. The number of halogens is 1. The maximum Gasteiger partial charge on any atom is 0.328 e. The molecule has 1 aromatic rings. The largest absolute Gasteiger partial charge is 0.491 e. The number of hydrogen-bond acceptors (Lipinski definition) is 5. The van der Waals surface area contributed by atoms with Crippen LogP contribution in [-0.4, -0.2) is 66.5 Å². The first-order valence-corrected chi connectivity index (χ1v) is 9.01. The second-order valence-corrected chi connectivity index (χ2v) is 6.59. The predicted molar refractivity (Wildman–Crippen MR) is 102 cm³/mol. The highest BCUT2D eigenvalue weighted by molar-refractivity contribution is 6.32. The topological polar surface area (TPSA) is 96.3 Å². The molecule has 0 spiro atoms. The van der Waals surface area contributed by atoms with E-state index in [4.69, 9.17) is 31.3 Å². The van der Waals surface area contributed by atoms with Gasteiger partial charge >= 0.3 is 11.9 Å². The predicted octanol–water partition coefficient (Wildman–Crippen LogP) is 2.79. The zero-order valence-corrected chi connectivity index (χ0v) is 16.3. The van der Waals surface area contributed by atoms with E-state index in [0.717, 1.165) is 38.6 Å². The SMILES string of the molecule is CCN(CC)CC1(COc2ccccc2Cl)COC1.O=C(O)C=CC(=O)O. The zero-order valence-electron chi connectivity index (χ0n) is 15.6. The molecule has 0 aromatic heterocycles. The van der Waals surface area contributed by atoms with Crippen LogP contribution in [0.4, 0.5) is 0 Å². The Balaban J connectivity index is 0.000000387. The van der Waals surface area contributed by atoms with Gasteiger partial charge in [-0.25, -0.2) is 9.59 Å². The van der Waals surface area contributed by atoms with Crippen molar-refractivity contribution in [3.8, 4) is 5.75 Å². The van der Waals surface area contributed by atoms with Crippen LogP contribution in [0.25, 0.3) is 0 Å². The van der Waals surface area contributed by atoms with E-state index in [1.54, 1.807) is 0 Å². The number of carboxylic acids is 2. The molecular weight excluding hydrogens is 374 g/mol. The van der Waals surface area contributed by atoms with Crippen molar-refractivity contribution in [2.75, 3.05) is 39.5 Å². The maximum absolute atomic E-state index is 9.55. The van der Waals surface area contributed by atoms with Gasteiger partial charge in [0.05, 0.1) is 30.3 Å². The quantitative estimate of drug-likeness (QED) is 0.616. The second-order valence-electron chi connectivity index (χ2n) is 6.18. The number of carboxylic acid groups (broad SMARTS) is 2. The molecule has 150 valence electrons. The van der Waals surface area contributed by atoms with Gasteiger partial charge in [-0.1, -0.05) is 37.6 Å². The molecule has 7 nitrogen and oxygen atoms in total. The van der Waals surface area contributed by atoms with Crippen LogP contribution in [0.15, 0.2) is 36.4 Å². The number of ether oxygens (including phenoxy) is 2. The fourth-order valence-corrected chi connectivity index (χ4v) is 2.66. The van der Waals surface area contributed by atoms with Crippen LogP contribution in [0.3, 0.4) is 0 Å². The third-order valence-electron chi connectivity index (χ3n) is 4.01. The summed E-state index contributed by atoms with van der Waals surface area (Å²) in [5, 5.41) is 16.3. The average Bonchev–Trinajstić information content (AvgIpc) is 2.61. The molecule has 27 heavy (non-hydrogen) atoms. The third-order valence-corrected chi connectivity index (χ3v) is 4.32. The Labute approximate surface area is 164 Å². The number of aliphatic carboxylic acids is 2. The highest BCUT2D eigenvalue weighted by Crippen LogP contribution is 2.31. The van der Waals surface area contributed by atoms with Gasteiger partial charge in [0.2, 0.25) is 0 Å². The molecule has 0 unspecified atom stereocenters. The molecule has 0 saturated carbocycles. The van der Waals surface area contributed by atoms with Crippen LogP contribution < -0.4 is 4.74 Å². The summed E-state index contributed by atoms with van der Waals surface area (Å²) < 4.78 is 11.3. The Hall–Kier alpha value is -2.09. The van der Waals surface area contributed by atoms with Gasteiger partial charge in [0.15, 0.2) is 0 Å². The van der Waals surface area contributed by atoms with Gasteiger partial charge < -0.3 is 24.6 Å². The standard InChI is InChI=1S/C15H22ClNO2.C4H4O4/c1-3-17(4-2)9-15(10-18-11-15)12-19-14-8-6-5-7-13(14)16;5-3(6)1-2-4(7)8/h5-8H,3-4,9-12H2,1-2H3;1-2H,(H,5,6)(H,7,8). The zero-order chi connectivity index (χ0) is 20.3. The molecule has 8 heteroatoms. The smallest absolute Gasteiger partial charge is 0.328 e. The number of benzene rings is 1. The molecule has 1 aromatic carbocycles. The Morgan fingerprint density at radius 2 is 1.74 bits per heavy atom. The second kappa shape index (κ2) is 11.6. The Morgan fingerprint density at radius 1 is 1.19 bits per heavy atom. The fourth-order valence-electron chi connectivity index (χ4n) is 2.47. The van der Waals surface area contributed by atoms with Crippen molar-refractivity contribution in [1.82, 2.24) is 4.90 Å². The van der Waals surface area contributed by atoms with E-state index in [0.29, 0.717) is 23.8 Å². The van der Waals surface area contributed by atoms with E-state index in [1.165, 1.54) is 0 Å². The molecule has 0 bridgehead atoms. The molecule has 2 rings (SSSR count). The van der Waals surface area contributed by atoms with Gasteiger partial charge in [0.1, 0.15) is 5.75 Å². The Morgan fingerprint density at radius 3 is 2.15 bits per heavy atom. The third kappa shape index (κ3) is 8.43. The molecule has 1 aliphatic heterocycles. The summed E-state index contributed by atoms with van der Waals surface area (Å²) in [6.07, 6.45) is 1.12. The minimum absolute atomic E-state index is 0.116. The van der Waals surface area contributed by atoms with Crippen molar-refractivity contribution in [2.24, 2.45) is 5.41 Å². The van der Waals surface area contributed by atoms with Crippen LogP contribution in [-0.2, 0) is 14.3 Å². The highest BCUT2D eigenvalue weighted by Gasteiger charge is 2.40. The summed E-state index contributed by atoms with van der Waals surface area (Å²) >= 11 is 6.11. The number of carbonyl (C=O) groups is 2. The van der Waals surface area contributed by atoms with Crippen LogP contribution in [0.1, 0.15) is 13.8 Å². The maximum atomic E-state index is 9.55. The lowest BCUT2D eigenvalue weighted by Gasteiger charge is -2.43. The minimum Gasteiger partial charge on any atom is -0.491 e. The van der Waals surface area contributed by atoms with Crippen LogP contribution in [0.5, 0.6) is 5.75 Å². The van der Waals surface area contributed by atoms with Crippen LogP contribution >= 0.6 is 11.6 Å². The van der Waals surface area contributed by atoms with Crippen molar-refractivity contribution < 1.29 is 29.3 Å². The van der Waals surface area contributed by atoms with Gasteiger partial charge in [-0.3, -0.25) is 0 Å². The van der Waals surface area contributed by atoms with Gasteiger partial charge in [0, 0.05) is 18.7 Å². The number of hydrogen-bond donors (Lipinski definition) is 2. The minimum atomic E-state index is -1.26. The number of nitrogens with zero attached hydrogens (tertiary/aromatic N) is 1. The van der Waals surface area contributed by atoms with E-state index in [1.807, 2.05) is 24.3 Å².